The largest absolute Gasteiger partial charge is 0.472 e. The van der Waals surface area contributed by atoms with E-state index in [2.05, 4.69) is 41.5 Å². The molecule has 0 aliphatic carbocycles. The Kier molecular flexibility index (Phi) is 28.1. The molecular formula is C47H82NO10P. The van der Waals surface area contributed by atoms with Crippen LogP contribution in [0.5, 0.6) is 0 Å². The predicted octanol–water partition coefficient (Wildman–Crippen LogP) is 12.1. The van der Waals surface area contributed by atoms with Crippen molar-refractivity contribution in [3.8, 4) is 0 Å². The van der Waals surface area contributed by atoms with Gasteiger partial charge in [0.25, 0.3) is 0 Å². The van der Waals surface area contributed by atoms with Gasteiger partial charge in [-0.25, -0.2) is 4.57 Å². The molecule has 0 spiro atoms. The van der Waals surface area contributed by atoms with E-state index in [0.717, 1.165) is 101 Å². The van der Waals surface area contributed by atoms with E-state index >= 15 is 0 Å². The Morgan fingerprint density at radius 3 is 1.34 bits per heavy atom. The maximum atomic E-state index is 12.7. The fourth-order valence-corrected chi connectivity index (χ4v) is 8.11. The fourth-order valence-electron chi connectivity index (χ4n) is 7.34. The molecule has 59 heavy (non-hydrogen) atoms. The van der Waals surface area contributed by atoms with E-state index in [1.54, 1.807) is 0 Å². The van der Waals surface area contributed by atoms with Gasteiger partial charge in [0, 0.05) is 45.1 Å². The van der Waals surface area contributed by atoms with Crippen LogP contribution in [0.15, 0.2) is 8.83 Å². The summed E-state index contributed by atoms with van der Waals surface area (Å²) in [4.78, 5) is 35.2. The van der Waals surface area contributed by atoms with E-state index in [0.29, 0.717) is 12.8 Å². The van der Waals surface area contributed by atoms with Gasteiger partial charge < -0.3 is 28.9 Å². The van der Waals surface area contributed by atoms with E-state index in [1.165, 1.54) is 85.8 Å². The molecule has 11 nitrogen and oxygen atoms in total. The molecule has 0 aliphatic heterocycles. The summed E-state index contributed by atoms with van der Waals surface area (Å²) in [7, 11) is -4.41. The summed E-state index contributed by atoms with van der Waals surface area (Å²) >= 11 is 0. The number of aryl methyl sites for hydroxylation is 4. The Hall–Kier alpha value is -2.43. The van der Waals surface area contributed by atoms with Crippen LogP contribution >= 0.6 is 7.82 Å². The van der Waals surface area contributed by atoms with Crippen LogP contribution in [0.2, 0.25) is 0 Å². The summed E-state index contributed by atoms with van der Waals surface area (Å²) in [6.07, 6.45) is 25.0. The van der Waals surface area contributed by atoms with Crippen LogP contribution in [0, 0.1) is 27.7 Å². The van der Waals surface area contributed by atoms with Crippen molar-refractivity contribution in [2.75, 3.05) is 26.4 Å². The molecule has 0 radical (unpaired) electrons. The molecule has 340 valence electrons. The van der Waals surface area contributed by atoms with Crippen molar-refractivity contribution in [1.82, 2.24) is 0 Å². The van der Waals surface area contributed by atoms with Crippen molar-refractivity contribution in [2.45, 2.75) is 215 Å². The van der Waals surface area contributed by atoms with Gasteiger partial charge in [0.05, 0.1) is 13.2 Å². The van der Waals surface area contributed by atoms with Gasteiger partial charge >= 0.3 is 19.8 Å². The predicted molar refractivity (Wildman–Crippen MR) is 236 cm³/mol. The zero-order valence-electron chi connectivity index (χ0n) is 37.9. The fraction of sp³-hybridized carbons (Fsp3) is 0.787. The van der Waals surface area contributed by atoms with Crippen LogP contribution < -0.4 is 5.73 Å². The van der Waals surface area contributed by atoms with Gasteiger partial charge in [0.2, 0.25) is 0 Å². The van der Waals surface area contributed by atoms with E-state index in [9.17, 15) is 19.0 Å². The highest BCUT2D eigenvalue weighted by molar-refractivity contribution is 7.47. The Labute approximate surface area is 357 Å². The lowest BCUT2D eigenvalue weighted by Crippen LogP contribution is -2.29. The van der Waals surface area contributed by atoms with Crippen molar-refractivity contribution in [2.24, 2.45) is 5.73 Å². The average molecular weight is 852 g/mol. The van der Waals surface area contributed by atoms with Crippen LogP contribution in [0.1, 0.15) is 200 Å². The third-order valence-electron chi connectivity index (χ3n) is 11.4. The molecule has 0 fully saturated rings. The number of carbonyl (C=O) groups is 2. The minimum atomic E-state index is -4.41. The summed E-state index contributed by atoms with van der Waals surface area (Å²) in [5.74, 6) is 3.73. The molecule has 3 N–H and O–H groups in total. The normalized spacial score (nSPS) is 13.2. The average Bonchev–Trinajstić information content (AvgIpc) is 3.64. The molecule has 0 amide bonds. The first-order valence-corrected chi connectivity index (χ1v) is 24.7. The maximum absolute atomic E-state index is 12.7. The molecule has 0 aliphatic rings. The highest BCUT2D eigenvalue weighted by Crippen LogP contribution is 2.43. The summed E-state index contributed by atoms with van der Waals surface area (Å²) < 4.78 is 45.4. The molecular weight excluding hydrogens is 769 g/mol. The second kappa shape index (κ2) is 31.4. The van der Waals surface area contributed by atoms with Crippen LogP contribution in [0.25, 0.3) is 0 Å². The number of esters is 2. The minimum absolute atomic E-state index is 0.0410. The standard InChI is InChI=1S/C47H82NO10P/c1-7-9-21-27-42-37(3)39(5)44(57-42)29-23-17-13-11-12-14-19-25-31-46(49)53-35-41(36-55-59(51,52)54-34-33-48)56-47(50)32-26-20-16-15-18-24-30-45-40(6)38(4)43(58-45)28-22-10-8-2/h41H,7-36,48H2,1-6H3,(H,51,52)/t41-/m1/s1. The molecule has 2 aromatic heterocycles. The number of furan rings is 2. The lowest BCUT2D eigenvalue weighted by molar-refractivity contribution is -0.161. The summed E-state index contributed by atoms with van der Waals surface area (Å²) in [6.45, 7) is 12.3. The molecule has 1 unspecified atom stereocenters. The van der Waals surface area contributed by atoms with E-state index in [1.807, 2.05) is 0 Å². The molecule has 0 aromatic carbocycles. The lowest BCUT2D eigenvalue weighted by atomic mass is 10.0. The lowest BCUT2D eigenvalue weighted by Gasteiger charge is -2.19. The number of hydrogen-bond acceptors (Lipinski definition) is 10. The number of hydrogen-bond donors (Lipinski definition) is 2. The van der Waals surface area contributed by atoms with Gasteiger partial charge in [-0.15, -0.1) is 0 Å². The molecule has 2 atom stereocenters. The van der Waals surface area contributed by atoms with Crippen molar-refractivity contribution in [3.05, 3.63) is 45.3 Å². The first-order valence-electron chi connectivity index (χ1n) is 23.2. The smallest absolute Gasteiger partial charge is 0.466 e. The Morgan fingerprint density at radius 1 is 0.559 bits per heavy atom. The third-order valence-corrected chi connectivity index (χ3v) is 12.4. The molecule has 12 heteroatoms. The Balaban J connectivity index is 1.61. The second-order valence-corrected chi connectivity index (χ2v) is 17.9. The number of phosphoric ester groups is 1. The number of unbranched alkanes of at least 4 members (excludes halogenated alkanes) is 16. The quantitative estimate of drug-likeness (QED) is 0.0378. The number of nitrogens with two attached hydrogens (primary N) is 1. The van der Waals surface area contributed by atoms with Crippen molar-refractivity contribution >= 4 is 19.8 Å². The topological polar surface area (TPSA) is 161 Å². The molecule has 0 bridgehead atoms. The number of rotatable bonds is 37. The maximum Gasteiger partial charge on any atom is 0.472 e. The molecule has 0 saturated heterocycles. The van der Waals surface area contributed by atoms with Crippen LogP contribution in [-0.4, -0.2) is 49.3 Å². The number of phosphoric acid groups is 1. The van der Waals surface area contributed by atoms with Gasteiger partial charge in [-0.2, -0.15) is 0 Å². The molecule has 2 rings (SSSR count). The minimum Gasteiger partial charge on any atom is -0.466 e. The van der Waals surface area contributed by atoms with Gasteiger partial charge in [-0.1, -0.05) is 104 Å². The van der Waals surface area contributed by atoms with Crippen molar-refractivity contribution in [3.63, 3.8) is 0 Å². The van der Waals surface area contributed by atoms with Crippen LogP contribution in [0.3, 0.4) is 0 Å². The SMILES string of the molecule is CCCCCc1oc(CCCCCCCCCCC(=O)OC[C@H](COP(=O)(O)OCCN)OC(=O)CCCCCCCCc2oc(CCCCC)c(C)c2C)c(C)c1C. The van der Waals surface area contributed by atoms with Crippen molar-refractivity contribution in [1.29, 1.82) is 0 Å². The number of ether oxygens (including phenoxy) is 2. The Bertz CT molecular complexity index is 1480. The molecule has 0 saturated carbocycles. The van der Waals surface area contributed by atoms with Crippen LogP contribution in [0.4, 0.5) is 0 Å². The van der Waals surface area contributed by atoms with Gasteiger partial charge in [0.1, 0.15) is 29.6 Å². The number of carbonyl (C=O) groups excluding carboxylic acids is 2. The van der Waals surface area contributed by atoms with E-state index in [-0.39, 0.29) is 32.6 Å². The van der Waals surface area contributed by atoms with Gasteiger partial charge in [0.15, 0.2) is 6.10 Å². The monoisotopic (exact) mass is 852 g/mol. The zero-order valence-corrected chi connectivity index (χ0v) is 38.8. The van der Waals surface area contributed by atoms with E-state index < -0.39 is 32.5 Å². The van der Waals surface area contributed by atoms with Gasteiger partial charge in [-0.05, 0) is 88.5 Å². The Morgan fingerprint density at radius 2 is 0.932 bits per heavy atom. The highest BCUT2D eigenvalue weighted by Gasteiger charge is 2.26. The van der Waals surface area contributed by atoms with Crippen molar-refractivity contribution < 1.29 is 46.4 Å². The first-order chi connectivity index (χ1) is 28.4. The third kappa shape index (κ3) is 22.8. The zero-order chi connectivity index (χ0) is 43.3. The summed E-state index contributed by atoms with van der Waals surface area (Å²) in [5.41, 5.74) is 10.6. The van der Waals surface area contributed by atoms with E-state index in [4.69, 9.17) is 33.1 Å². The summed E-state index contributed by atoms with van der Waals surface area (Å²) in [6, 6.07) is 0. The second-order valence-electron chi connectivity index (χ2n) is 16.4. The molecule has 2 aromatic rings. The highest BCUT2D eigenvalue weighted by atomic mass is 31.2. The summed E-state index contributed by atoms with van der Waals surface area (Å²) in [5, 5.41) is 0. The first kappa shape index (κ1) is 52.7. The van der Waals surface area contributed by atoms with Gasteiger partial charge in [-0.3, -0.25) is 18.6 Å². The van der Waals surface area contributed by atoms with Crippen LogP contribution in [-0.2, 0) is 58.4 Å². The molecule has 2 heterocycles.